The standard InChI is InChI=1S/C9H13N.C2H6/c1-6-4-5-9(10)8(3)7(6)2;1-2/h4-5H,10H2,1-3H3;1-2H3. The highest BCUT2D eigenvalue weighted by Gasteiger charge is 1.98. The van der Waals surface area contributed by atoms with E-state index in [2.05, 4.69) is 26.8 Å². The van der Waals surface area contributed by atoms with Crippen molar-refractivity contribution in [3.05, 3.63) is 28.8 Å². The summed E-state index contributed by atoms with van der Waals surface area (Å²) in [6, 6.07) is 4.01. The second-order valence-electron chi connectivity index (χ2n) is 2.72. The van der Waals surface area contributed by atoms with Crippen LogP contribution in [0.5, 0.6) is 0 Å². The van der Waals surface area contributed by atoms with Crippen molar-refractivity contribution in [3.8, 4) is 0 Å². The summed E-state index contributed by atoms with van der Waals surface area (Å²) in [7, 11) is 0. The van der Waals surface area contributed by atoms with Crippen molar-refractivity contribution in [2.24, 2.45) is 0 Å². The van der Waals surface area contributed by atoms with Gasteiger partial charge in [0.2, 0.25) is 0 Å². The first-order valence-corrected chi connectivity index (χ1v) is 4.45. The first-order valence-electron chi connectivity index (χ1n) is 4.45. The Morgan fingerprint density at radius 2 is 1.42 bits per heavy atom. The molecule has 0 heterocycles. The molecular weight excluding hydrogens is 146 g/mol. The lowest BCUT2D eigenvalue weighted by molar-refractivity contribution is 1.27. The van der Waals surface area contributed by atoms with E-state index >= 15 is 0 Å². The fourth-order valence-electron chi connectivity index (χ4n) is 0.977. The van der Waals surface area contributed by atoms with Crippen molar-refractivity contribution >= 4 is 5.69 Å². The van der Waals surface area contributed by atoms with E-state index < -0.39 is 0 Å². The third kappa shape index (κ3) is 2.26. The molecule has 1 heteroatoms. The van der Waals surface area contributed by atoms with Gasteiger partial charge in [0, 0.05) is 5.69 Å². The van der Waals surface area contributed by atoms with Crippen LogP contribution in [0.4, 0.5) is 5.69 Å². The second kappa shape index (κ2) is 4.81. The maximum atomic E-state index is 5.69. The molecule has 0 aliphatic rings. The maximum Gasteiger partial charge on any atom is 0.0346 e. The van der Waals surface area contributed by atoms with Gasteiger partial charge in [-0.15, -0.1) is 0 Å². The van der Waals surface area contributed by atoms with Gasteiger partial charge < -0.3 is 5.73 Å². The highest BCUT2D eigenvalue weighted by molar-refractivity contribution is 5.52. The smallest absolute Gasteiger partial charge is 0.0346 e. The molecule has 12 heavy (non-hydrogen) atoms. The van der Waals surface area contributed by atoms with Crippen molar-refractivity contribution in [1.29, 1.82) is 0 Å². The Balaban J connectivity index is 0.000000561. The maximum absolute atomic E-state index is 5.69. The van der Waals surface area contributed by atoms with E-state index in [0.717, 1.165) is 5.69 Å². The van der Waals surface area contributed by atoms with Crippen LogP contribution in [0.25, 0.3) is 0 Å². The Morgan fingerprint density at radius 1 is 0.917 bits per heavy atom. The molecule has 0 bridgehead atoms. The lowest BCUT2D eigenvalue weighted by atomic mass is 10.0. The Bertz CT molecular complexity index is 224. The molecule has 0 fully saturated rings. The topological polar surface area (TPSA) is 26.0 Å². The summed E-state index contributed by atoms with van der Waals surface area (Å²) >= 11 is 0. The number of anilines is 1. The number of nitrogens with two attached hydrogens (primary N) is 1. The first kappa shape index (κ1) is 11.0. The van der Waals surface area contributed by atoms with E-state index in [9.17, 15) is 0 Å². The number of aryl methyl sites for hydroxylation is 1. The highest BCUT2D eigenvalue weighted by atomic mass is 14.6. The van der Waals surface area contributed by atoms with Crippen LogP contribution in [0.15, 0.2) is 12.1 Å². The van der Waals surface area contributed by atoms with Crippen LogP contribution in [0, 0.1) is 20.8 Å². The summed E-state index contributed by atoms with van der Waals surface area (Å²) in [5, 5.41) is 0. The van der Waals surface area contributed by atoms with Gasteiger partial charge in [0.1, 0.15) is 0 Å². The van der Waals surface area contributed by atoms with Crippen molar-refractivity contribution in [2.75, 3.05) is 5.73 Å². The Morgan fingerprint density at radius 3 is 1.83 bits per heavy atom. The number of benzene rings is 1. The molecule has 0 radical (unpaired) electrons. The summed E-state index contributed by atoms with van der Waals surface area (Å²) < 4.78 is 0. The van der Waals surface area contributed by atoms with Crippen molar-refractivity contribution < 1.29 is 0 Å². The van der Waals surface area contributed by atoms with Gasteiger partial charge in [-0.25, -0.2) is 0 Å². The molecule has 68 valence electrons. The lowest BCUT2D eigenvalue weighted by Crippen LogP contribution is -1.93. The minimum Gasteiger partial charge on any atom is -0.399 e. The van der Waals surface area contributed by atoms with Crippen LogP contribution in [0.2, 0.25) is 0 Å². The van der Waals surface area contributed by atoms with E-state index in [1.165, 1.54) is 16.7 Å². The van der Waals surface area contributed by atoms with E-state index in [4.69, 9.17) is 5.73 Å². The minimum atomic E-state index is 0.892. The third-order valence-corrected chi connectivity index (χ3v) is 2.10. The average molecular weight is 165 g/mol. The molecule has 0 saturated heterocycles. The zero-order valence-electron chi connectivity index (χ0n) is 8.73. The molecule has 1 nitrogen and oxygen atoms in total. The molecule has 0 aliphatic heterocycles. The number of hydrogen-bond donors (Lipinski definition) is 1. The lowest BCUT2D eigenvalue weighted by Gasteiger charge is -2.05. The van der Waals surface area contributed by atoms with Crippen LogP contribution in [-0.4, -0.2) is 0 Å². The first-order chi connectivity index (χ1) is 5.63. The molecule has 0 saturated carbocycles. The molecule has 0 unspecified atom stereocenters. The normalized spacial score (nSPS) is 8.75. The monoisotopic (exact) mass is 165 g/mol. The van der Waals surface area contributed by atoms with Crippen molar-refractivity contribution in [3.63, 3.8) is 0 Å². The predicted molar refractivity (Wildman–Crippen MR) is 56.4 cm³/mol. The Hall–Kier alpha value is -0.980. The molecule has 1 rings (SSSR count). The summed E-state index contributed by atoms with van der Waals surface area (Å²) in [6.07, 6.45) is 0. The minimum absolute atomic E-state index is 0.892. The van der Waals surface area contributed by atoms with Crippen LogP contribution in [0.3, 0.4) is 0 Å². The fraction of sp³-hybridized carbons (Fsp3) is 0.455. The van der Waals surface area contributed by atoms with E-state index in [0.29, 0.717) is 0 Å². The van der Waals surface area contributed by atoms with Gasteiger partial charge in [0.05, 0.1) is 0 Å². The molecular formula is C11H19N. The van der Waals surface area contributed by atoms with Crippen LogP contribution < -0.4 is 5.73 Å². The number of hydrogen-bond acceptors (Lipinski definition) is 1. The molecule has 2 N–H and O–H groups in total. The van der Waals surface area contributed by atoms with Crippen LogP contribution >= 0.6 is 0 Å². The summed E-state index contributed by atoms with van der Waals surface area (Å²) in [5.41, 5.74) is 10.4. The fourth-order valence-corrected chi connectivity index (χ4v) is 0.977. The van der Waals surface area contributed by atoms with Crippen molar-refractivity contribution in [2.45, 2.75) is 34.6 Å². The van der Waals surface area contributed by atoms with Crippen LogP contribution in [0.1, 0.15) is 30.5 Å². The molecule has 0 amide bonds. The Kier molecular flexibility index (Phi) is 4.42. The van der Waals surface area contributed by atoms with Gasteiger partial charge in [-0.05, 0) is 43.5 Å². The predicted octanol–water partition coefficient (Wildman–Crippen LogP) is 3.22. The molecule has 0 atom stereocenters. The van der Waals surface area contributed by atoms with Crippen LogP contribution in [-0.2, 0) is 0 Å². The van der Waals surface area contributed by atoms with E-state index in [1.54, 1.807) is 0 Å². The van der Waals surface area contributed by atoms with Gasteiger partial charge in [-0.2, -0.15) is 0 Å². The zero-order valence-corrected chi connectivity index (χ0v) is 8.73. The van der Waals surface area contributed by atoms with E-state index in [1.807, 2.05) is 19.9 Å². The summed E-state index contributed by atoms with van der Waals surface area (Å²) in [4.78, 5) is 0. The quantitative estimate of drug-likeness (QED) is 0.587. The second-order valence-corrected chi connectivity index (χ2v) is 2.72. The molecule has 0 aromatic heterocycles. The average Bonchev–Trinajstić information content (AvgIpc) is 2.12. The van der Waals surface area contributed by atoms with E-state index in [-0.39, 0.29) is 0 Å². The third-order valence-electron chi connectivity index (χ3n) is 2.10. The SMILES string of the molecule is CC.Cc1ccc(N)c(C)c1C. The zero-order chi connectivity index (χ0) is 9.72. The Labute approximate surface area is 75.6 Å². The molecule has 1 aromatic carbocycles. The molecule has 0 aliphatic carbocycles. The summed E-state index contributed by atoms with van der Waals surface area (Å²) in [6.45, 7) is 10.3. The molecule has 0 spiro atoms. The van der Waals surface area contributed by atoms with Gasteiger partial charge in [0.15, 0.2) is 0 Å². The number of rotatable bonds is 0. The number of nitrogen functional groups attached to an aromatic ring is 1. The van der Waals surface area contributed by atoms with Crippen molar-refractivity contribution in [1.82, 2.24) is 0 Å². The highest BCUT2D eigenvalue weighted by Crippen LogP contribution is 2.17. The largest absolute Gasteiger partial charge is 0.399 e. The molecule has 1 aromatic rings. The summed E-state index contributed by atoms with van der Waals surface area (Å²) in [5.74, 6) is 0. The van der Waals surface area contributed by atoms with Gasteiger partial charge in [-0.3, -0.25) is 0 Å². The van der Waals surface area contributed by atoms with Gasteiger partial charge in [-0.1, -0.05) is 19.9 Å². The van der Waals surface area contributed by atoms with Gasteiger partial charge >= 0.3 is 0 Å². The van der Waals surface area contributed by atoms with Gasteiger partial charge in [0.25, 0.3) is 0 Å².